The maximum absolute atomic E-state index is 13.4. The first-order valence-corrected chi connectivity index (χ1v) is 10.3. The van der Waals surface area contributed by atoms with Crippen LogP contribution < -0.4 is 14.8 Å². The fraction of sp³-hybridized carbons (Fsp3) is 0.300. The topological polar surface area (TPSA) is 69.6 Å². The molecule has 0 saturated heterocycles. The summed E-state index contributed by atoms with van der Waals surface area (Å²) in [6.07, 6.45) is 1.60. The molecule has 0 radical (unpaired) electrons. The van der Waals surface area contributed by atoms with E-state index in [1.54, 1.807) is 24.4 Å². The molecule has 1 N–H and O–H groups in total. The van der Waals surface area contributed by atoms with Crippen molar-refractivity contribution in [2.45, 2.75) is 24.8 Å². The lowest BCUT2D eigenvalue weighted by Gasteiger charge is -2.15. The average molecular weight is 386 g/mol. The number of nitrogens with zero attached hydrogens (tertiary/aromatic N) is 1. The zero-order chi connectivity index (χ0) is 19.2. The fourth-order valence-corrected chi connectivity index (χ4v) is 5.20. The van der Waals surface area contributed by atoms with Crippen LogP contribution in [0.2, 0.25) is 0 Å². The van der Waals surface area contributed by atoms with Crippen molar-refractivity contribution in [1.29, 1.82) is 0 Å². The van der Waals surface area contributed by atoms with Gasteiger partial charge >= 0.3 is 0 Å². The molecule has 0 bridgehead atoms. The molecule has 0 fully saturated rings. The molecule has 1 aliphatic heterocycles. The molecule has 7 heteroatoms. The SMILES string of the molecule is COc1ccc(C)cc1S(=O)(=O)n1ccc2c3c(ccc21)OCCNC3C. The minimum Gasteiger partial charge on any atom is -0.495 e. The van der Waals surface area contributed by atoms with E-state index in [0.717, 1.165) is 28.8 Å². The molecule has 0 amide bonds. The summed E-state index contributed by atoms with van der Waals surface area (Å²) in [7, 11) is -2.34. The first-order valence-electron chi connectivity index (χ1n) is 8.84. The largest absolute Gasteiger partial charge is 0.495 e. The third kappa shape index (κ3) is 2.87. The fourth-order valence-electron chi connectivity index (χ4n) is 3.61. The van der Waals surface area contributed by atoms with Crippen LogP contribution in [0.4, 0.5) is 0 Å². The van der Waals surface area contributed by atoms with Gasteiger partial charge in [-0.05, 0) is 49.7 Å². The van der Waals surface area contributed by atoms with Crippen LogP contribution in [0.25, 0.3) is 10.9 Å². The van der Waals surface area contributed by atoms with E-state index in [1.807, 2.05) is 25.1 Å². The van der Waals surface area contributed by atoms with E-state index in [9.17, 15) is 8.42 Å². The van der Waals surface area contributed by atoms with Crippen molar-refractivity contribution >= 4 is 20.9 Å². The second kappa shape index (κ2) is 6.58. The van der Waals surface area contributed by atoms with Crippen LogP contribution in [0.15, 0.2) is 47.5 Å². The molecule has 1 atom stereocenters. The minimum atomic E-state index is -3.81. The van der Waals surface area contributed by atoms with Crippen molar-refractivity contribution in [2.75, 3.05) is 20.3 Å². The zero-order valence-electron chi connectivity index (χ0n) is 15.5. The van der Waals surface area contributed by atoms with Gasteiger partial charge in [0.15, 0.2) is 0 Å². The van der Waals surface area contributed by atoms with Crippen molar-refractivity contribution in [3.8, 4) is 11.5 Å². The Morgan fingerprint density at radius 2 is 2.04 bits per heavy atom. The molecule has 1 aromatic heterocycles. The molecule has 1 unspecified atom stereocenters. The van der Waals surface area contributed by atoms with Crippen molar-refractivity contribution in [2.24, 2.45) is 0 Å². The van der Waals surface area contributed by atoms with Crippen LogP contribution in [-0.4, -0.2) is 32.7 Å². The van der Waals surface area contributed by atoms with Crippen molar-refractivity contribution in [3.63, 3.8) is 0 Å². The highest BCUT2D eigenvalue weighted by Crippen LogP contribution is 2.37. The number of fused-ring (bicyclic) bond motifs is 3. The van der Waals surface area contributed by atoms with Crippen LogP contribution in [-0.2, 0) is 10.0 Å². The summed E-state index contributed by atoms with van der Waals surface area (Å²) in [6, 6.07) is 10.7. The van der Waals surface area contributed by atoms with E-state index >= 15 is 0 Å². The Kier molecular flexibility index (Phi) is 4.36. The summed E-state index contributed by atoms with van der Waals surface area (Å²) in [5.41, 5.74) is 2.46. The average Bonchev–Trinajstić information content (AvgIpc) is 3.00. The van der Waals surface area contributed by atoms with Crippen LogP contribution in [0.5, 0.6) is 11.5 Å². The molecule has 0 spiro atoms. The number of benzene rings is 2. The van der Waals surface area contributed by atoms with Gasteiger partial charge in [0.25, 0.3) is 10.0 Å². The highest BCUT2D eigenvalue weighted by Gasteiger charge is 2.26. The predicted molar refractivity (Wildman–Crippen MR) is 104 cm³/mol. The molecule has 0 aliphatic carbocycles. The third-order valence-electron chi connectivity index (χ3n) is 4.94. The first kappa shape index (κ1) is 17.9. The number of hydrogen-bond donors (Lipinski definition) is 1. The van der Waals surface area contributed by atoms with Gasteiger partial charge in [0, 0.05) is 29.7 Å². The van der Waals surface area contributed by atoms with Gasteiger partial charge in [-0.1, -0.05) is 6.07 Å². The highest BCUT2D eigenvalue weighted by atomic mass is 32.2. The number of methoxy groups -OCH3 is 1. The predicted octanol–water partition coefficient (Wildman–Crippen LogP) is 3.24. The van der Waals surface area contributed by atoms with Crippen LogP contribution in [0.1, 0.15) is 24.1 Å². The summed E-state index contributed by atoms with van der Waals surface area (Å²) < 4.78 is 39.2. The maximum atomic E-state index is 13.4. The van der Waals surface area contributed by atoms with Crippen LogP contribution >= 0.6 is 0 Å². The third-order valence-corrected chi connectivity index (χ3v) is 6.65. The molecular formula is C20H22N2O4S. The van der Waals surface area contributed by atoms with Crippen LogP contribution in [0.3, 0.4) is 0 Å². The number of nitrogens with one attached hydrogen (secondary N) is 1. The Morgan fingerprint density at radius 3 is 2.81 bits per heavy atom. The Morgan fingerprint density at radius 1 is 1.22 bits per heavy atom. The van der Waals surface area contributed by atoms with Crippen molar-refractivity contribution in [3.05, 3.63) is 53.7 Å². The Hall–Kier alpha value is -2.51. The lowest BCUT2D eigenvalue weighted by molar-refractivity contribution is 0.325. The smallest absolute Gasteiger partial charge is 0.271 e. The monoisotopic (exact) mass is 386 g/mol. The molecular weight excluding hydrogens is 364 g/mol. The summed E-state index contributed by atoms with van der Waals surface area (Å²) in [5.74, 6) is 1.12. The number of hydrogen-bond acceptors (Lipinski definition) is 5. The summed E-state index contributed by atoms with van der Waals surface area (Å²) >= 11 is 0. The Balaban J connectivity index is 1.94. The minimum absolute atomic E-state index is 0.0678. The van der Waals surface area contributed by atoms with Gasteiger partial charge in [-0.25, -0.2) is 12.4 Å². The van der Waals surface area contributed by atoms with E-state index in [2.05, 4.69) is 12.2 Å². The van der Waals surface area contributed by atoms with Crippen molar-refractivity contribution in [1.82, 2.24) is 9.29 Å². The lowest BCUT2D eigenvalue weighted by Crippen LogP contribution is -2.20. The molecule has 4 rings (SSSR count). The summed E-state index contributed by atoms with van der Waals surface area (Å²) in [6.45, 7) is 5.25. The Labute approximate surface area is 158 Å². The van der Waals surface area contributed by atoms with E-state index in [0.29, 0.717) is 17.9 Å². The number of aryl methyl sites for hydroxylation is 1. The van der Waals surface area contributed by atoms with Crippen LogP contribution in [0, 0.1) is 6.92 Å². The lowest BCUT2D eigenvalue weighted by atomic mass is 10.0. The highest BCUT2D eigenvalue weighted by molar-refractivity contribution is 7.90. The van der Waals surface area contributed by atoms with Crippen molar-refractivity contribution < 1.29 is 17.9 Å². The summed E-state index contributed by atoms with van der Waals surface area (Å²) in [4.78, 5) is 0.153. The van der Waals surface area contributed by atoms with Gasteiger partial charge < -0.3 is 14.8 Å². The molecule has 1 aliphatic rings. The van der Waals surface area contributed by atoms with E-state index in [1.165, 1.54) is 11.1 Å². The maximum Gasteiger partial charge on any atom is 0.271 e. The van der Waals surface area contributed by atoms with Gasteiger partial charge in [0.05, 0.1) is 12.6 Å². The Bertz CT molecular complexity index is 1120. The molecule has 0 saturated carbocycles. The second-order valence-corrected chi connectivity index (χ2v) is 8.49. The molecule has 3 aromatic rings. The number of rotatable bonds is 3. The first-order chi connectivity index (χ1) is 12.9. The molecule has 6 nitrogen and oxygen atoms in total. The van der Waals surface area contributed by atoms with Gasteiger partial charge in [-0.3, -0.25) is 0 Å². The van der Waals surface area contributed by atoms with Gasteiger partial charge in [-0.15, -0.1) is 0 Å². The van der Waals surface area contributed by atoms with E-state index < -0.39 is 10.0 Å². The zero-order valence-corrected chi connectivity index (χ0v) is 16.3. The van der Waals surface area contributed by atoms with E-state index in [-0.39, 0.29) is 10.9 Å². The number of ether oxygens (including phenoxy) is 2. The quantitative estimate of drug-likeness (QED) is 0.748. The van der Waals surface area contributed by atoms with Gasteiger partial charge in [-0.2, -0.15) is 0 Å². The molecule has 2 aromatic carbocycles. The standard InChI is InChI=1S/C20H22N2O4S/c1-13-4-6-17(25-3)19(12-13)27(23,24)22-10-8-15-16(22)5-7-18-20(15)14(2)21-9-11-26-18/h4-8,10,12,14,21H,9,11H2,1-3H3. The van der Waals surface area contributed by atoms with Gasteiger partial charge in [0.1, 0.15) is 23.0 Å². The van der Waals surface area contributed by atoms with E-state index in [4.69, 9.17) is 9.47 Å². The molecule has 27 heavy (non-hydrogen) atoms. The normalized spacial score (nSPS) is 17.2. The summed E-state index contributed by atoms with van der Waals surface area (Å²) in [5, 5.41) is 4.26. The second-order valence-electron chi connectivity index (χ2n) is 6.71. The van der Waals surface area contributed by atoms with Gasteiger partial charge in [0.2, 0.25) is 0 Å². The number of aromatic nitrogens is 1. The molecule has 142 valence electrons. The molecule has 2 heterocycles.